The Labute approximate surface area is 194 Å². The van der Waals surface area contributed by atoms with Crippen LogP contribution in [0, 0.1) is 0 Å². The third-order valence-electron chi connectivity index (χ3n) is 4.97. The summed E-state index contributed by atoms with van der Waals surface area (Å²) >= 11 is 3.55. The monoisotopic (exact) mass is 498 g/mol. The molecule has 0 saturated heterocycles. The van der Waals surface area contributed by atoms with Crippen LogP contribution in [-0.4, -0.2) is 22.1 Å². The first-order valence-corrected chi connectivity index (χ1v) is 11.0. The highest BCUT2D eigenvalue weighted by Crippen LogP contribution is 2.35. The fourth-order valence-corrected chi connectivity index (χ4v) is 3.77. The van der Waals surface area contributed by atoms with Gasteiger partial charge in [-0.15, -0.1) is 0 Å². The fourth-order valence-electron chi connectivity index (χ4n) is 3.33. The molecule has 8 heteroatoms. The molecule has 166 valence electrons. The van der Waals surface area contributed by atoms with Crippen LogP contribution in [0.15, 0.2) is 64.1 Å². The Balaban J connectivity index is 1.52. The van der Waals surface area contributed by atoms with Crippen molar-refractivity contribution in [2.75, 3.05) is 6.61 Å². The topological polar surface area (TPSA) is 75.7 Å². The molecule has 2 heterocycles. The number of hydrogen-bond acceptors (Lipinski definition) is 6. The van der Waals surface area contributed by atoms with Crippen molar-refractivity contribution >= 4 is 32.9 Å². The quantitative estimate of drug-likeness (QED) is 0.295. The van der Waals surface area contributed by atoms with E-state index in [-0.39, 0.29) is 19.0 Å². The van der Waals surface area contributed by atoms with Gasteiger partial charge in [0.05, 0.1) is 37.5 Å². The van der Waals surface area contributed by atoms with Crippen molar-refractivity contribution in [3.8, 4) is 11.5 Å². The van der Waals surface area contributed by atoms with Gasteiger partial charge in [-0.2, -0.15) is 0 Å². The minimum absolute atomic E-state index is 0.160. The van der Waals surface area contributed by atoms with E-state index in [0.717, 1.165) is 26.7 Å². The Kier molecular flexibility index (Phi) is 6.80. The number of halogens is 1. The van der Waals surface area contributed by atoms with Gasteiger partial charge in [0, 0.05) is 28.0 Å². The molecule has 0 aliphatic carbocycles. The lowest BCUT2D eigenvalue weighted by Crippen LogP contribution is -2.09. The third-order valence-corrected chi connectivity index (χ3v) is 5.43. The van der Waals surface area contributed by atoms with Gasteiger partial charge in [-0.3, -0.25) is 4.79 Å². The van der Waals surface area contributed by atoms with Crippen molar-refractivity contribution in [2.24, 2.45) is 7.05 Å². The minimum Gasteiger partial charge on any atom is -0.488 e. The maximum atomic E-state index is 11.9. The second kappa shape index (κ2) is 9.91. The number of fused-ring (bicyclic) bond motifs is 1. The molecular formula is C24H23BrN2O5. The molecule has 0 saturated carbocycles. The van der Waals surface area contributed by atoms with Crippen LogP contribution in [-0.2, 0) is 36.2 Å². The summed E-state index contributed by atoms with van der Waals surface area (Å²) in [6.45, 7) is 2.79. The summed E-state index contributed by atoms with van der Waals surface area (Å²) in [4.78, 5) is 16.0. The van der Waals surface area contributed by atoms with Crippen LogP contribution in [0.1, 0.15) is 23.7 Å². The van der Waals surface area contributed by atoms with Crippen LogP contribution < -0.4 is 9.47 Å². The summed E-state index contributed by atoms with van der Waals surface area (Å²) in [7, 11) is 1.92. The SMILES string of the molecule is CCOC(=O)Cc1ccccc1OCc1coc2c(OCc3cncn3C)cc(Br)cc12. The van der Waals surface area contributed by atoms with E-state index in [1.807, 2.05) is 48.0 Å². The Bertz CT molecular complexity index is 1230. The van der Waals surface area contributed by atoms with Gasteiger partial charge >= 0.3 is 5.97 Å². The highest BCUT2D eigenvalue weighted by Gasteiger charge is 2.15. The van der Waals surface area contributed by atoms with E-state index >= 15 is 0 Å². The van der Waals surface area contributed by atoms with Gasteiger partial charge in [-0.1, -0.05) is 34.1 Å². The first-order valence-electron chi connectivity index (χ1n) is 10.2. The number of furan rings is 1. The molecule has 0 bridgehead atoms. The Morgan fingerprint density at radius 3 is 2.72 bits per heavy atom. The number of carbonyl (C=O) groups excluding carboxylic acids is 1. The van der Waals surface area contributed by atoms with E-state index in [1.165, 1.54) is 0 Å². The molecule has 7 nitrogen and oxygen atoms in total. The molecule has 0 amide bonds. The van der Waals surface area contributed by atoms with Crippen molar-refractivity contribution in [3.63, 3.8) is 0 Å². The number of carbonyl (C=O) groups is 1. The molecule has 4 aromatic rings. The average Bonchev–Trinajstić information content (AvgIpc) is 3.37. The summed E-state index contributed by atoms with van der Waals surface area (Å²) in [6.07, 6.45) is 5.33. The summed E-state index contributed by atoms with van der Waals surface area (Å²) in [6, 6.07) is 11.3. The predicted molar refractivity (Wildman–Crippen MR) is 123 cm³/mol. The lowest BCUT2D eigenvalue weighted by molar-refractivity contribution is -0.142. The Morgan fingerprint density at radius 1 is 1.12 bits per heavy atom. The number of aromatic nitrogens is 2. The molecular weight excluding hydrogens is 476 g/mol. The van der Waals surface area contributed by atoms with Gasteiger partial charge in [-0.05, 0) is 25.1 Å². The molecule has 0 spiro atoms. The van der Waals surface area contributed by atoms with Crippen LogP contribution in [0.2, 0.25) is 0 Å². The number of para-hydroxylation sites is 1. The van der Waals surface area contributed by atoms with Gasteiger partial charge in [0.1, 0.15) is 19.0 Å². The highest BCUT2D eigenvalue weighted by atomic mass is 79.9. The van der Waals surface area contributed by atoms with E-state index in [2.05, 4.69) is 20.9 Å². The van der Waals surface area contributed by atoms with Crippen LogP contribution >= 0.6 is 15.9 Å². The fraction of sp³-hybridized carbons (Fsp3) is 0.250. The summed E-state index contributed by atoms with van der Waals surface area (Å²) in [5, 5.41) is 0.891. The number of aryl methyl sites for hydroxylation is 1. The number of nitrogens with zero attached hydrogens (tertiary/aromatic N) is 2. The highest BCUT2D eigenvalue weighted by molar-refractivity contribution is 9.10. The lowest BCUT2D eigenvalue weighted by atomic mass is 10.1. The number of rotatable bonds is 9. The van der Waals surface area contributed by atoms with Crippen LogP contribution in [0.4, 0.5) is 0 Å². The normalized spacial score (nSPS) is 11.0. The zero-order chi connectivity index (χ0) is 22.5. The summed E-state index contributed by atoms with van der Waals surface area (Å²) in [5.74, 6) is 0.985. The largest absolute Gasteiger partial charge is 0.488 e. The summed E-state index contributed by atoms with van der Waals surface area (Å²) in [5.41, 5.74) is 3.25. The van der Waals surface area contributed by atoms with Gasteiger partial charge in [0.25, 0.3) is 0 Å². The van der Waals surface area contributed by atoms with Crippen molar-refractivity contribution in [1.82, 2.24) is 9.55 Å². The summed E-state index contributed by atoms with van der Waals surface area (Å²) < 4.78 is 25.7. The molecule has 0 unspecified atom stereocenters. The zero-order valence-electron chi connectivity index (χ0n) is 17.8. The zero-order valence-corrected chi connectivity index (χ0v) is 19.4. The molecule has 0 aliphatic rings. The lowest BCUT2D eigenvalue weighted by Gasteiger charge is -2.11. The van der Waals surface area contributed by atoms with Crippen molar-refractivity contribution < 1.29 is 23.4 Å². The van der Waals surface area contributed by atoms with Crippen molar-refractivity contribution in [1.29, 1.82) is 0 Å². The van der Waals surface area contributed by atoms with Crippen LogP contribution in [0.5, 0.6) is 11.5 Å². The van der Waals surface area contributed by atoms with E-state index in [1.54, 1.807) is 25.7 Å². The standard InChI is InChI=1S/C24H23BrN2O5/c1-3-29-23(28)8-16-6-4-5-7-21(16)30-12-17-13-32-24-20(17)9-18(25)10-22(24)31-14-19-11-26-15-27(19)2/h4-7,9-11,13,15H,3,8,12,14H2,1-2H3. The van der Waals surface area contributed by atoms with E-state index in [0.29, 0.717) is 30.3 Å². The first kappa shape index (κ1) is 22.0. The molecule has 2 aromatic heterocycles. The second-order valence-corrected chi connectivity index (χ2v) is 8.12. The molecule has 0 radical (unpaired) electrons. The van der Waals surface area contributed by atoms with Crippen LogP contribution in [0.3, 0.4) is 0 Å². The molecule has 0 atom stereocenters. The van der Waals surface area contributed by atoms with Gasteiger partial charge in [0.15, 0.2) is 11.3 Å². The maximum absolute atomic E-state index is 11.9. The number of hydrogen-bond donors (Lipinski definition) is 0. The second-order valence-electron chi connectivity index (χ2n) is 7.20. The first-order chi connectivity index (χ1) is 15.5. The number of esters is 1. The molecule has 0 aliphatic heterocycles. The van der Waals surface area contributed by atoms with E-state index in [4.69, 9.17) is 18.6 Å². The predicted octanol–water partition coefficient (Wildman–Crippen LogP) is 5.19. The average molecular weight is 499 g/mol. The molecule has 0 N–H and O–H groups in total. The van der Waals surface area contributed by atoms with Gasteiger partial charge in [0.2, 0.25) is 0 Å². The molecule has 0 fully saturated rings. The van der Waals surface area contributed by atoms with E-state index in [9.17, 15) is 4.79 Å². The maximum Gasteiger partial charge on any atom is 0.310 e. The number of imidazole rings is 1. The van der Waals surface area contributed by atoms with Crippen LogP contribution in [0.25, 0.3) is 11.0 Å². The molecule has 32 heavy (non-hydrogen) atoms. The number of benzene rings is 2. The van der Waals surface area contributed by atoms with Crippen molar-refractivity contribution in [3.05, 3.63) is 76.5 Å². The van der Waals surface area contributed by atoms with Crippen molar-refractivity contribution in [2.45, 2.75) is 26.6 Å². The molecule has 4 rings (SSSR count). The van der Waals surface area contributed by atoms with E-state index < -0.39 is 0 Å². The van der Waals surface area contributed by atoms with Gasteiger partial charge < -0.3 is 23.2 Å². The molecule has 2 aromatic carbocycles. The van der Waals surface area contributed by atoms with Gasteiger partial charge in [-0.25, -0.2) is 4.98 Å². The minimum atomic E-state index is -0.281. The Morgan fingerprint density at radius 2 is 1.94 bits per heavy atom. The number of ether oxygens (including phenoxy) is 3. The third kappa shape index (κ3) is 4.96. The smallest absolute Gasteiger partial charge is 0.310 e. The Hall–Kier alpha value is -3.26.